The molecule has 1 aromatic carbocycles. The summed E-state index contributed by atoms with van der Waals surface area (Å²) in [5.74, 6) is 2.15. The molecule has 1 unspecified atom stereocenters. The van der Waals surface area contributed by atoms with Crippen LogP contribution in [-0.2, 0) is 13.0 Å². The van der Waals surface area contributed by atoms with Gasteiger partial charge in [-0.3, -0.25) is 10.1 Å². The van der Waals surface area contributed by atoms with Crippen molar-refractivity contribution in [3.8, 4) is 11.4 Å². The van der Waals surface area contributed by atoms with E-state index < -0.39 is 4.92 Å². The lowest BCUT2D eigenvalue weighted by Gasteiger charge is -2.17. The molecule has 1 atom stereocenters. The zero-order chi connectivity index (χ0) is 13.4. The number of benzene rings is 1. The summed E-state index contributed by atoms with van der Waals surface area (Å²) in [6.07, 6.45) is 2.04. The van der Waals surface area contributed by atoms with E-state index in [2.05, 4.69) is 17.0 Å². The van der Waals surface area contributed by atoms with E-state index in [4.69, 9.17) is 0 Å². The second-order valence-electron chi connectivity index (χ2n) is 4.99. The molecule has 1 aromatic heterocycles. The van der Waals surface area contributed by atoms with Gasteiger partial charge in [0.05, 0.1) is 4.92 Å². The molecule has 0 saturated carbocycles. The standard InChI is InChI=1S/C13H14N4O2/c1-9-5-6-12-14-13(15-16(12)8-9)10-3-2-4-11(7-10)17(18)19/h2-4,7,9H,5-6,8H2,1H3. The van der Waals surface area contributed by atoms with E-state index in [0.29, 0.717) is 17.3 Å². The summed E-state index contributed by atoms with van der Waals surface area (Å²) in [6, 6.07) is 6.46. The quantitative estimate of drug-likeness (QED) is 0.612. The van der Waals surface area contributed by atoms with Crippen LogP contribution in [0.25, 0.3) is 11.4 Å². The number of hydrogen-bond acceptors (Lipinski definition) is 4. The first-order valence-corrected chi connectivity index (χ1v) is 6.32. The van der Waals surface area contributed by atoms with E-state index >= 15 is 0 Å². The summed E-state index contributed by atoms with van der Waals surface area (Å²) in [5, 5.41) is 15.2. The van der Waals surface area contributed by atoms with E-state index in [-0.39, 0.29) is 5.69 Å². The number of non-ortho nitro benzene ring substituents is 1. The predicted molar refractivity (Wildman–Crippen MR) is 69.6 cm³/mol. The molecule has 0 bridgehead atoms. The Hall–Kier alpha value is -2.24. The zero-order valence-corrected chi connectivity index (χ0v) is 10.6. The average Bonchev–Trinajstić information content (AvgIpc) is 2.81. The molecule has 0 radical (unpaired) electrons. The van der Waals surface area contributed by atoms with Gasteiger partial charge < -0.3 is 0 Å². The molecule has 0 N–H and O–H groups in total. The van der Waals surface area contributed by atoms with Gasteiger partial charge in [-0.05, 0) is 12.3 Å². The Labute approximate surface area is 110 Å². The highest BCUT2D eigenvalue weighted by molar-refractivity contribution is 5.58. The normalized spacial score (nSPS) is 18.1. The molecule has 6 heteroatoms. The highest BCUT2D eigenvalue weighted by Crippen LogP contribution is 2.24. The molecule has 19 heavy (non-hydrogen) atoms. The molecule has 98 valence electrons. The number of aryl methyl sites for hydroxylation is 1. The minimum atomic E-state index is -0.401. The summed E-state index contributed by atoms with van der Waals surface area (Å²) in [7, 11) is 0. The Morgan fingerprint density at radius 3 is 3.11 bits per heavy atom. The topological polar surface area (TPSA) is 73.8 Å². The SMILES string of the molecule is CC1CCc2nc(-c3cccc([N+](=O)[O-])c3)nn2C1. The fraction of sp³-hybridized carbons (Fsp3) is 0.385. The average molecular weight is 258 g/mol. The van der Waals surface area contributed by atoms with Crippen molar-refractivity contribution in [2.75, 3.05) is 0 Å². The van der Waals surface area contributed by atoms with E-state index in [1.54, 1.807) is 12.1 Å². The molecule has 0 spiro atoms. The lowest BCUT2D eigenvalue weighted by molar-refractivity contribution is -0.384. The number of fused-ring (bicyclic) bond motifs is 1. The number of aromatic nitrogens is 3. The fourth-order valence-electron chi connectivity index (χ4n) is 2.35. The van der Waals surface area contributed by atoms with Gasteiger partial charge in [0.1, 0.15) is 5.82 Å². The fourth-order valence-corrected chi connectivity index (χ4v) is 2.35. The van der Waals surface area contributed by atoms with Crippen molar-refractivity contribution in [2.24, 2.45) is 5.92 Å². The summed E-state index contributed by atoms with van der Waals surface area (Å²) in [5.41, 5.74) is 0.766. The van der Waals surface area contributed by atoms with Crippen LogP contribution in [0.5, 0.6) is 0 Å². The second-order valence-corrected chi connectivity index (χ2v) is 4.99. The largest absolute Gasteiger partial charge is 0.270 e. The summed E-state index contributed by atoms with van der Waals surface area (Å²) >= 11 is 0. The van der Waals surface area contributed by atoms with Gasteiger partial charge in [-0.1, -0.05) is 19.1 Å². The Bertz CT molecular complexity index is 635. The van der Waals surface area contributed by atoms with Crippen molar-refractivity contribution >= 4 is 5.69 Å². The molecule has 0 fully saturated rings. The molecule has 2 heterocycles. The van der Waals surface area contributed by atoms with Crippen LogP contribution >= 0.6 is 0 Å². The van der Waals surface area contributed by atoms with Gasteiger partial charge >= 0.3 is 0 Å². The molecule has 1 aliphatic rings. The Morgan fingerprint density at radius 2 is 2.32 bits per heavy atom. The highest BCUT2D eigenvalue weighted by atomic mass is 16.6. The molecule has 0 saturated heterocycles. The van der Waals surface area contributed by atoms with Crippen molar-refractivity contribution in [3.63, 3.8) is 0 Å². The van der Waals surface area contributed by atoms with Gasteiger partial charge in [0.25, 0.3) is 5.69 Å². The predicted octanol–water partition coefficient (Wildman–Crippen LogP) is 2.44. The van der Waals surface area contributed by atoms with Gasteiger partial charge in [-0.2, -0.15) is 5.10 Å². The van der Waals surface area contributed by atoms with Crippen LogP contribution in [0.2, 0.25) is 0 Å². The maximum absolute atomic E-state index is 10.8. The Kier molecular flexibility index (Phi) is 2.77. The third kappa shape index (κ3) is 2.21. The minimum absolute atomic E-state index is 0.0682. The molecule has 2 aromatic rings. The van der Waals surface area contributed by atoms with Crippen molar-refractivity contribution in [1.82, 2.24) is 14.8 Å². The van der Waals surface area contributed by atoms with Gasteiger partial charge in [-0.15, -0.1) is 0 Å². The van der Waals surface area contributed by atoms with Crippen molar-refractivity contribution < 1.29 is 4.92 Å². The summed E-state index contributed by atoms with van der Waals surface area (Å²) < 4.78 is 1.92. The number of nitro groups is 1. The lowest BCUT2D eigenvalue weighted by atomic mass is 10.0. The number of rotatable bonds is 2. The molecule has 0 aliphatic carbocycles. The van der Waals surface area contributed by atoms with Crippen LogP contribution in [0, 0.1) is 16.0 Å². The molecule has 3 rings (SSSR count). The molecule has 0 amide bonds. The first-order valence-electron chi connectivity index (χ1n) is 6.32. The zero-order valence-electron chi connectivity index (χ0n) is 10.6. The molecular formula is C13H14N4O2. The molecule has 1 aliphatic heterocycles. The highest BCUT2D eigenvalue weighted by Gasteiger charge is 2.19. The third-order valence-corrected chi connectivity index (χ3v) is 3.41. The van der Waals surface area contributed by atoms with Gasteiger partial charge in [0.15, 0.2) is 5.82 Å². The molecule has 6 nitrogen and oxygen atoms in total. The monoisotopic (exact) mass is 258 g/mol. The van der Waals surface area contributed by atoms with Crippen LogP contribution in [-0.4, -0.2) is 19.7 Å². The van der Waals surface area contributed by atoms with Crippen LogP contribution in [0.1, 0.15) is 19.2 Å². The van der Waals surface area contributed by atoms with E-state index in [1.807, 2.05) is 4.68 Å². The van der Waals surface area contributed by atoms with E-state index in [0.717, 1.165) is 25.2 Å². The van der Waals surface area contributed by atoms with E-state index in [9.17, 15) is 10.1 Å². The second kappa shape index (κ2) is 4.46. The van der Waals surface area contributed by atoms with Crippen molar-refractivity contribution in [1.29, 1.82) is 0 Å². The first kappa shape index (κ1) is 11.8. The maximum Gasteiger partial charge on any atom is 0.270 e. The Morgan fingerprint density at radius 1 is 1.47 bits per heavy atom. The van der Waals surface area contributed by atoms with Crippen molar-refractivity contribution in [2.45, 2.75) is 26.3 Å². The molecular weight excluding hydrogens is 244 g/mol. The van der Waals surface area contributed by atoms with Crippen LogP contribution < -0.4 is 0 Å². The van der Waals surface area contributed by atoms with Gasteiger partial charge in [0.2, 0.25) is 0 Å². The smallest absolute Gasteiger partial charge is 0.258 e. The number of nitrogens with zero attached hydrogens (tertiary/aromatic N) is 4. The van der Waals surface area contributed by atoms with E-state index in [1.165, 1.54) is 12.1 Å². The van der Waals surface area contributed by atoms with Crippen LogP contribution in [0.15, 0.2) is 24.3 Å². The van der Waals surface area contributed by atoms with Crippen LogP contribution in [0.3, 0.4) is 0 Å². The minimum Gasteiger partial charge on any atom is -0.258 e. The third-order valence-electron chi connectivity index (χ3n) is 3.41. The van der Waals surface area contributed by atoms with Crippen LogP contribution in [0.4, 0.5) is 5.69 Å². The van der Waals surface area contributed by atoms with Gasteiger partial charge in [0, 0.05) is 30.7 Å². The summed E-state index contributed by atoms with van der Waals surface area (Å²) in [6.45, 7) is 3.06. The van der Waals surface area contributed by atoms with Crippen molar-refractivity contribution in [3.05, 3.63) is 40.2 Å². The lowest BCUT2D eigenvalue weighted by Crippen LogP contribution is -2.18. The maximum atomic E-state index is 10.8. The summed E-state index contributed by atoms with van der Waals surface area (Å²) in [4.78, 5) is 14.9. The first-order chi connectivity index (χ1) is 9.13. The number of nitro benzene ring substituents is 1. The van der Waals surface area contributed by atoms with Gasteiger partial charge in [-0.25, -0.2) is 9.67 Å². The number of hydrogen-bond donors (Lipinski definition) is 0. The Balaban J connectivity index is 1.99.